The largest absolute Gasteiger partial charge is 0.497 e. The topological polar surface area (TPSA) is 71.3 Å². The van der Waals surface area contributed by atoms with Crippen LogP contribution in [-0.2, 0) is 11.2 Å². The Morgan fingerprint density at radius 1 is 1.12 bits per heavy atom. The quantitative estimate of drug-likeness (QED) is 0.374. The van der Waals surface area contributed by atoms with Crippen LogP contribution in [0.2, 0.25) is 5.02 Å². The summed E-state index contributed by atoms with van der Waals surface area (Å²) in [7, 11) is 3.02. The van der Waals surface area contributed by atoms with Gasteiger partial charge in [0, 0.05) is 22.7 Å². The number of nitriles is 1. The van der Waals surface area contributed by atoms with Gasteiger partial charge in [-0.1, -0.05) is 29.8 Å². The molecule has 0 atom stereocenters. The Balaban J connectivity index is 1.87. The molecule has 1 N–H and O–H groups in total. The van der Waals surface area contributed by atoms with Gasteiger partial charge in [-0.3, -0.25) is 4.79 Å². The highest BCUT2D eigenvalue weighted by Gasteiger charge is 2.15. The second-order valence-corrected chi connectivity index (χ2v) is 7.21. The number of carbonyl (C=O) groups excluding carboxylic acids is 1. The minimum atomic E-state index is -0.566. The Morgan fingerprint density at radius 3 is 2.47 bits per heavy atom. The fourth-order valence-corrected chi connectivity index (χ4v) is 3.37. The van der Waals surface area contributed by atoms with Crippen LogP contribution < -0.4 is 14.8 Å². The third-order valence-corrected chi connectivity index (χ3v) is 5.08. The Kier molecular flexibility index (Phi) is 7.48. The number of hydrogen-bond acceptors (Lipinski definition) is 4. The van der Waals surface area contributed by atoms with Gasteiger partial charge in [0.05, 0.1) is 14.2 Å². The third kappa shape index (κ3) is 5.45. The summed E-state index contributed by atoms with van der Waals surface area (Å²) < 4.78 is 24.6. The summed E-state index contributed by atoms with van der Waals surface area (Å²) in [6.45, 7) is 0. The van der Waals surface area contributed by atoms with Crippen LogP contribution in [0.1, 0.15) is 16.7 Å². The monoisotopic (exact) mass is 450 g/mol. The molecule has 0 aromatic heterocycles. The van der Waals surface area contributed by atoms with E-state index in [2.05, 4.69) is 5.32 Å². The summed E-state index contributed by atoms with van der Waals surface area (Å²) in [6, 6.07) is 18.3. The molecule has 0 aliphatic heterocycles. The highest BCUT2D eigenvalue weighted by atomic mass is 35.5. The Hall–Kier alpha value is -3.82. The number of halogens is 2. The van der Waals surface area contributed by atoms with E-state index < -0.39 is 5.91 Å². The van der Waals surface area contributed by atoms with Crippen LogP contribution in [-0.4, -0.2) is 20.1 Å². The van der Waals surface area contributed by atoms with E-state index in [0.29, 0.717) is 38.9 Å². The van der Waals surface area contributed by atoms with Crippen molar-refractivity contribution >= 4 is 29.3 Å². The molecule has 1 amide bonds. The van der Waals surface area contributed by atoms with Crippen molar-refractivity contribution in [2.45, 2.75) is 6.42 Å². The van der Waals surface area contributed by atoms with Crippen LogP contribution in [0, 0.1) is 17.1 Å². The minimum Gasteiger partial charge on any atom is -0.497 e. The van der Waals surface area contributed by atoms with E-state index in [4.69, 9.17) is 21.1 Å². The second kappa shape index (κ2) is 10.5. The van der Waals surface area contributed by atoms with Crippen LogP contribution in [0.5, 0.6) is 11.5 Å². The van der Waals surface area contributed by atoms with Crippen LogP contribution in [0.4, 0.5) is 10.1 Å². The molecule has 32 heavy (non-hydrogen) atoms. The zero-order valence-corrected chi connectivity index (χ0v) is 18.2. The van der Waals surface area contributed by atoms with Crippen molar-refractivity contribution < 1.29 is 18.7 Å². The molecule has 5 nitrogen and oxygen atoms in total. The average molecular weight is 451 g/mol. The van der Waals surface area contributed by atoms with Crippen LogP contribution >= 0.6 is 11.6 Å². The molecule has 0 saturated carbocycles. The number of hydrogen-bond donors (Lipinski definition) is 1. The fraction of sp³-hybridized carbons (Fsp3) is 0.120. The highest BCUT2D eigenvalue weighted by molar-refractivity contribution is 6.31. The lowest BCUT2D eigenvalue weighted by atomic mass is 10.0. The molecule has 0 aliphatic rings. The van der Waals surface area contributed by atoms with Crippen molar-refractivity contribution in [1.82, 2.24) is 0 Å². The maximum absolute atomic E-state index is 14.1. The molecule has 0 saturated heterocycles. The van der Waals surface area contributed by atoms with E-state index in [0.717, 1.165) is 0 Å². The Morgan fingerprint density at radius 2 is 1.84 bits per heavy atom. The second-order valence-electron chi connectivity index (χ2n) is 6.80. The summed E-state index contributed by atoms with van der Waals surface area (Å²) in [5.74, 6) is 0.177. The van der Waals surface area contributed by atoms with Gasteiger partial charge in [0.15, 0.2) is 0 Å². The van der Waals surface area contributed by atoms with Gasteiger partial charge in [0.1, 0.15) is 29.0 Å². The zero-order chi connectivity index (χ0) is 23.1. The number of methoxy groups -OCH3 is 2. The standard InChI is InChI=1S/C25H20ClFN2O3/c1-31-20-9-7-19(8-10-20)29-25(30)18(15-28)11-16-12-22(26)21(24(13-16)32-2)14-17-5-3-4-6-23(17)27/h3-13H,14H2,1-2H3,(H,29,30)/b18-11+. The molecule has 0 radical (unpaired) electrons. The predicted octanol–water partition coefficient (Wildman–Crippen LogP) is 5.63. The van der Waals surface area contributed by atoms with Gasteiger partial charge < -0.3 is 14.8 Å². The van der Waals surface area contributed by atoms with Crippen molar-refractivity contribution in [3.8, 4) is 17.6 Å². The molecule has 0 spiro atoms. The van der Waals surface area contributed by atoms with Crippen molar-refractivity contribution in [1.29, 1.82) is 5.26 Å². The number of nitrogens with zero attached hydrogens (tertiary/aromatic N) is 1. The summed E-state index contributed by atoms with van der Waals surface area (Å²) in [5.41, 5.74) is 2.00. The number of benzene rings is 3. The summed E-state index contributed by atoms with van der Waals surface area (Å²) in [4.78, 5) is 12.5. The molecule has 0 bridgehead atoms. The fourth-order valence-electron chi connectivity index (χ4n) is 3.09. The van der Waals surface area contributed by atoms with Crippen LogP contribution in [0.15, 0.2) is 66.2 Å². The molecule has 0 unspecified atom stereocenters. The first-order valence-electron chi connectivity index (χ1n) is 9.62. The van der Waals surface area contributed by atoms with Crippen molar-refractivity contribution in [3.05, 3.63) is 93.8 Å². The molecule has 0 aliphatic carbocycles. The Bertz CT molecular complexity index is 1200. The SMILES string of the molecule is COc1ccc(NC(=O)/C(C#N)=C/c2cc(Cl)c(Cc3ccccc3F)c(OC)c2)cc1. The third-order valence-electron chi connectivity index (χ3n) is 4.75. The molecule has 3 aromatic carbocycles. The molecular formula is C25H20ClFN2O3. The maximum Gasteiger partial charge on any atom is 0.266 e. The van der Waals surface area contributed by atoms with Crippen molar-refractivity contribution in [3.63, 3.8) is 0 Å². The van der Waals surface area contributed by atoms with E-state index >= 15 is 0 Å². The molecule has 0 fully saturated rings. The Labute approximate surface area is 190 Å². The molecule has 3 aromatic rings. The number of anilines is 1. The lowest BCUT2D eigenvalue weighted by Gasteiger charge is -2.13. The number of amides is 1. The first-order chi connectivity index (χ1) is 15.4. The number of nitrogens with one attached hydrogen (secondary N) is 1. The van der Waals surface area contributed by atoms with Gasteiger partial charge in [0.25, 0.3) is 5.91 Å². The van der Waals surface area contributed by atoms with Gasteiger partial charge in [-0.15, -0.1) is 0 Å². The van der Waals surface area contributed by atoms with Crippen LogP contribution in [0.3, 0.4) is 0 Å². The smallest absolute Gasteiger partial charge is 0.266 e. The molecule has 0 heterocycles. The predicted molar refractivity (Wildman–Crippen MR) is 122 cm³/mol. The van der Waals surface area contributed by atoms with Crippen molar-refractivity contribution in [2.75, 3.05) is 19.5 Å². The van der Waals surface area contributed by atoms with Gasteiger partial charge in [-0.25, -0.2) is 4.39 Å². The molecule has 7 heteroatoms. The molecule has 162 valence electrons. The van der Waals surface area contributed by atoms with Crippen molar-refractivity contribution in [2.24, 2.45) is 0 Å². The van der Waals surface area contributed by atoms with Gasteiger partial charge in [-0.2, -0.15) is 5.26 Å². The first-order valence-corrected chi connectivity index (χ1v) is 10.00. The van der Waals surface area contributed by atoms with E-state index in [1.807, 2.05) is 6.07 Å². The van der Waals surface area contributed by atoms with Gasteiger partial charge >= 0.3 is 0 Å². The van der Waals surface area contributed by atoms with Crippen LogP contribution in [0.25, 0.3) is 6.08 Å². The number of ether oxygens (including phenoxy) is 2. The van der Waals surface area contributed by atoms with Gasteiger partial charge in [-0.05, 0) is 59.7 Å². The van der Waals surface area contributed by atoms with E-state index in [1.165, 1.54) is 19.3 Å². The average Bonchev–Trinajstić information content (AvgIpc) is 2.80. The number of rotatable bonds is 7. The van der Waals surface area contributed by atoms with E-state index in [-0.39, 0.29) is 17.8 Å². The summed E-state index contributed by atoms with van der Waals surface area (Å²) >= 11 is 6.45. The lowest BCUT2D eigenvalue weighted by molar-refractivity contribution is -0.112. The van der Waals surface area contributed by atoms with E-state index in [1.54, 1.807) is 61.7 Å². The minimum absolute atomic E-state index is 0.110. The van der Waals surface area contributed by atoms with E-state index in [9.17, 15) is 14.4 Å². The normalized spacial score (nSPS) is 10.9. The maximum atomic E-state index is 14.1. The zero-order valence-electron chi connectivity index (χ0n) is 17.5. The summed E-state index contributed by atoms with van der Waals surface area (Å²) in [6.07, 6.45) is 1.65. The highest BCUT2D eigenvalue weighted by Crippen LogP contribution is 2.32. The first kappa shape index (κ1) is 22.9. The number of carbonyl (C=O) groups is 1. The summed E-state index contributed by atoms with van der Waals surface area (Å²) in [5, 5.41) is 12.5. The lowest BCUT2D eigenvalue weighted by Crippen LogP contribution is -2.13. The van der Waals surface area contributed by atoms with Gasteiger partial charge in [0.2, 0.25) is 0 Å². The molecule has 3 rings (SSSR count). The molecular weight excluding hydrogens is 431 g/mol.